The predicted molar refractivity (Wildman–Crippen MR) is 60.0 cm³/mol. The predicted octanol–water partition coefficient (Wildman–Crippen LogP) is 1.54. The van der Waals surface area contributed by atoms with Gasteiger partial charge in [-0.2, -0.15) is 0 Å². The minimum atomic E-state index is -0.482. The van der Waals surface area contributed by atoms with Crippen LogP contribution in [0.5, 0.6) is 0 Å². The average molecular weight is 231 g/mol. The standard InChI is InChI=1S/C11H9N3O3/c15-7-8-5-6-12-11(13-8)9-3-1-2-4-10(9)14(16)17/h1-6,15H,7H2. The lowest BCUT2D eigenvalue weighted by Gasteiger charge is -2.02. The SMILES string of the molecule is O=[N+]([O-])c1ccccc1-c1nccc(CO)n1. The first-order valence-electron chi connectivity index (χ1n) is 4.89. The maximum atomic E-state index is 10.9. The summed E-state index contributed by atoms with van der Waals surface area (Å²) >= 11 is 0. The van der Waals surface area contributed by atoms with Gasteiger partial charge in [0.25, 0.3) is 5.69 Å². The quantitative estimate of drug-likeness (QED) is 0.639. The summed E-state index contributed by atoms with van der Waals surface area (Å²) in [6.45, 7) is -0.226. The lowest BCUT2D eigenvalue weighted by atomic mass is 10.1. The molecule has 0 saturated heterocycles. The van der Waals surface area contributed by atoms with Gasteiger partial charge in [0.2, 0.25) is 0 Å². The molecule has 86 valence electrons. The van der Waals surface area contributed by atoms with Crippen LogP contribution < -0.4 is 0 Å². The lowest BCUT2D eigenvalue weighted by Crippen LogP contribution is -1.98. The minimum absolute atomic E-state index is 0.0532. The molecule has 1 heterocycles. The molecule has 0 atom stereocenters. The molecule has 0 aliphatic rings. The van der Waals surface area contributed by atoms with E-state index in [4.69, 9.17) is 5.11 Å². The molecule has 0 saturated carbocycles. The average Bonchev–Trinajstić information content (AvgIpc) is 2.39. The number of aromatic nitrogens is 2. The van der Waals surface area contributed by atoms with Crippen LogP contribution in [0.3, 0.4) is 0 Å². The van der Waals surface area contributed by atoms with Crippen molar-refractivity contribution in [2.75, 3.05) is 0 Å². The second-order valence-corrected chi connectivity index (χ2v) is 3.30. The number of nitrogens with zero attached hydrogens (tertiary/aromatic N) is 3. The van der Waals surface area contributed by atoms with Gasteiger partial charge >= 0.3 is 0 Å². The smallest absolute Gasteiger partial charge is 0.280 e. The highest BCUT2D eigenvalue weighted by Crippen LogP contribution is 2.26. The van der Waals surface area contributed by atoms with Gasteiger partial charge in [0, 0.05) is 12.3 Å². The van der Waals surface area contributed by atoms with Crippen LogP contribution in [-0.4, -0.2) is 20.0 Å². The maximum Gasteiger partial charge on any atom is 0.280 e. The first kappa shape index (κ1) is 11.2. The Balaban J connectivity index is 2.56. The molecule has 6 heteroatoms. The van der Waals surface area contributed by atoms with Gasteiger partial charge in [-0.1, -0.05) is 12.1 Å². The number of rotatable bonds is 3. The number of hydrogen-bond acceptors (Lipinski definition) is 5. The molecule has 17 heavy (non-hydrogen) atoms. The Morgan fingerprint density at radius 1 is 1.29 bits per heavy atom. The molecule has 0 aliphatic heterocycles. The summed E-state index contributed by atoms with van der Waals surface area (Å²) in [7, 11) is 0. The first-order valence-corrected chi connectivity index (χ1v) is 4.89. The summed E-state index contributed by atoms with van der Waals surface area (Å²) in [5, 5.41) is 19.8. The zero-order chi connectivity index (χ0) is 12.3. The molecular formula is C11H9N3O3. The molecule has 1 aromatic heterocycles. The van der Waals surface area contributed by atoms with Gasteiger partial charge in [0.1, 0.15) is 0 Å². The van der Waals surface area contributed by atoms with Crippen LogP contribution in [0.2, 0.25) is 0 Å². The highest BCUT2D eigenvalue weighted by atomic mass is 16.6. The molecule has 1 N–H and O–H groups in total. The van der Waals surface area contributed by atoms with E-state index in [0.717, 1.165) is 0 Å². The largest absolute Gasteiger partial charge is 0.390 e. The van der Waals surface area contributed by atoms with Crippen LogP contribution in [0.1, 0.15) is 5.69 Å². The van der Waals surface area contributed by atoms with Crippen LogP contribution in [0, 0.1) is 10.1 Å². The zero-order valence-corrected chi connectivity index (χ0v) is 8.78. The molecule has 1 aromatic carbocycles. The van der Waals surface area contributed by atoms with Gasteiger partial charge in [-0.25, -0.2) is 9.97 Å². The highest BCUT2D eigenvalue weighted by molar-refractivity contribution is 5.67. The van der Waals surface area contributed by atoms with Gasteiger partial charge in [-0.15, -0.1) is 0 Å². The maximum absolute atomic E-state index is 10.9. The monoisotopic (exact) mass is 231 g/mol. The summed E-state index contributed by atoms with van der Waals surface area (Å²) in [4.78, 5) is 18.4. The molecule has 0 fully saturated rings. The van der Waals surface area contributed by atoms with Crippen molar-refractivity contribution in [1.29, 1.82) is 0 Å². The van der Waals surface area contributed by atoms with E-state index in [1.807, 2.05) is 0 Å². The Kier molecular flexibility index (Phi) is 3.06. The number of benzene rings is 1. The number of aliphatic hydroxyl groups is 1. The second-order valence-electron chi connectivity index (χ2n) is 3.30. The van der Waals surface area contributed by atoms with Crippen molar-refractivity contribution in [2.24, 2.45) is 0 Å². The zero-order valence-electron chi connectivity index (χ0n) is 8.78. The summed E-state index contributed by atoms with van der Waals surface area (Å²) in [6, 6.07) is 7.78. The molecule has 0 radical (unpaired) electrons. The van der Waals surface area contributed by atoms with E-state index in [1.165, 1.54) is 12.3 Å². The lowest BCUT2D eigenvalue weighted by molar-refractivity contribution is -0.384. The van der Waals surface area contributed by atoms with Crippen LogP contribution >= 0.6 is 0 Å². The number of nitro benzene ring substituents is 1. The Morgan fingerprint density at radius 2 is 2.06 bits per heavy atom. The summed E-state index contributed by atoms with van der Waals surface area (Å²) in [6.07, 6.45) is 1.46. The van der Waals surface area contributed by atoms with E-state index in [2.05, 4.69) is 9.97 Å². The summed E-state index contributed by atoms with van der Waals surface area (Å²) in [5.41, 5.74) is 0.712. The van der Waals surface area contributed by atoms with E-state index in [-0.39, 0.29) is 18.1 Å². The van der Waals surface area contributed by atoms with Gasteiger partial charge < -0.3 is 5.11 Å². The number of nitro groups is 1. The normalized spacial score (nSPS) is 10.2. The second kappa shape index (κ2) is 4.67. The molecule has 0 bridgehead atoms. The van der Waals surface area contributed by atoms with Crippen LogP contribution in [0.4, 0.5) is 5.69 Å². The van der Waals surface area contributed by atoms with E-state index in [0.29, 0.717) is 11.3 Å². The fourth-order valence-corrected chi connectivity index (χ4v) is 1.44. The van der Waals surface area contributed by atoms with Crippen LogP contribution in [-0.2, 0) is 6.61 Å². The Morgan fingerprint density at radius 3 is 2.76 bits per heavy atom. The molecule has 0 spiro atoms. The van der Waals surface area contributed by atoms with Crippen molar-refractivity contribution < 1.29 is 10.0 Å². The number of para-hydroxylation sites is 1. The molecule has 0 aliphatic carbocycles. The Labute approximate surface area is 96.7 Å². The Hall–Kier alpha value is -2.34. The van der Waals surface area contributed by atoms with Crippen LogP contribution in [0.15, 0.2) is 36.5 Å². The number of hydrogen-bond donors (Lipinski definition) is 1. The first-order chi connectivity index (χ1) is 8.22. The third-order valence-electron chi connectivity index (χ3n) is 2.22. The summed E-state index contributed by atoms with van der Waals surface area (Å²) in [5.74, 6) is 0.240. The van der Waals surface area contributed by atoms with Crippen molar-refractivity contribution in [3.05, 3.63) is 52.3 Å². The molecule has 6 nitrogen and oxygen atoms in total. The molecular weight excluding hydrogens is 222 g/mol. The van der Waals surface area contributed by atoms with E-state index in [1.54, 1.807) is 24.3 Å². The Bertz CT molecular complexity index is 557. The number of aliphatic hydroxyl groups excluding tert-OH is 1. The van der Waals surface area contributed by atoms with Crippen molar-refractivity contribution in [1.82, 2.24) is 9.97 Å². The molecule has 0 amide bonds. The molecule has 2 rings (SSSR count). The van der Waals surface area contributed by atoms with Crippen molar-refractivity contribution in [3.8, 4) is 11.4 Å². The van der Waals surface area contributed by atoms with Gasteiger partial charge in [0.15, 0.2) is 5.82 Å². The minimum Gasteiger partial charge on any atom is -0.390 e. The summed E-state index contributed by atoms with van der Waals surface area (Å²) < 4.78 is 0. The highest BCUT2D eigenvalue weighted by Gasteiger charge is 2.16. The molecule has 0 unspecified atom stereocenters. The van der Waals surface area contributed by atoms with Crippen molar-refractivity contribution in [2.45, 2.75) is 6.61 Å². The van der Waals surface area contributed by atoms with E-state index < -0.39 is 4.92 Å². The van der Waals surface area contributed by atoms with E-state index >= 15 is 0 Å². The third kappa shape index (κ3) is 2.26. The van der Waals surface area contributed by atoms with E-state index in [9.17, 15) is 10.1 Å². The van der Waals surface area contributed by atoms with Gasteiger partial charge in [-0.3, -0.25) is 10.1 Å². The third-order valence-corrected chi connectivity index (χ3v) is 2.22. The van der Waals surface area contributed by atoms with Crippen molar-refractivity contribution >= 4 is 5.69 Å². The van der Waals surface area contributed by atoms with Gasteiger partial charge in [-0.05, 0) is 12.1 Å². The molecule has 2 aromatic rings. The van der Waals surface area contributed by atoms with Gasteiger partial charge in [0.05, 0.1) is 22.8 Å². The fourth-order valence-electron chi connectivity index (χ4n) is 1.44. The topological polar surface area (TPSA) is 89.2 Å². The van der Waals surface area contributed by atoms with Crippen LogP contribution in [0.25, 0.3) is 11.4 Å². The van der Waals surface area contributed by atoms with Crippen molar-refractivity contribution in [3.63, 3.8) is 0 Å². The fraction of sp³-hybridized carbons (Fsp3) is 0.0909.